The Balaban J connectivity index is 1.42. The lowest BCUT2D eigenvalue weighted by atomic mass is 10.1. The smallest absolute Gasteiger partial charge is 0.321 e. The van der Waals surface area contributed by atoms with Crippen LogP contribution >= 0.6 is 0 Å². The van der Waals surface area contributed by atoms with E-state index >= 15 is 0 Å². The van der Waals surface area contributed by atoms with Gasteiger partial charge in [-0.3, -0.25) is 4.98 Å². The number of aromatic nitrogens is 2. The number of fused-ring (bicyclic) bond motifs is 1. The molecule has 4 rings (SSSR count). The summed E-state index contributed by atoms with van der Waals surface area (Å²) in [5.74, 6) is 0.858. The van der Waals surface area contributed by atoms with Gasteiger partial charge in [-0.2, -0.15) is 0 Å². The first-order valence-corrected chi connectivity index (χ1v) is 8.36. The Bertz CT molecular complexity index is 870. The van der Waals surface area contributed by atoms with E-state index in [1.165, 1.54) is 0 Å². The van der Waals surface area contributed by atoms with Crippen LogP contribution in [0.1, 0.15) is 0 Å². The zero-order valence-corrected chi connectivity index (χ0v) is 13.8. The summed E-state index contributed by atoms with van der Waals surface area (Å²) >= 11 is 0. The SMILES string of the molecule is O=C(Nc1cccc2ccccc12)N1CCN(c2cnccn2)CC1. The van der Waals surface area contributed by atoms with Crippen molar-refractivity contribution in [2.24, 2.45) is 0 Å². The second kappa shape index (κ2) is 6.76. The summed E-state index contributed by atoms with van der Waals surface area (Å²) in [6.07, 6.45) is 5.11. The van der Waals surface area contributed by atoms with Crippen LogP contribution < -0.4 is 10.2 Å². The Kier molecular flexibility index (Phi) is 4.16. The molecule has 0 aliphatic carbocycles. The highest BCUT2D eigenvalue weighted by Gasteiger charge is 2.22. The van der Waals surface area contributed by atoms with E-state index in [2.05, 4.69) is 20.2 Å². The molecular formula is C19H19N5O. The molecule has 0 radical (unpaired) electrons. The number of nitrogens with zero attached hydrogens (tertiary/aromatic N) is 4. The van der Waals surface area contributed by atoms with E-state index in [1.54, 1.807) is 18.6 Å². The van der Waals surface area contributed by atoms with Crippen LogP contribution in [-0.4, -0.2) is 47.1 Å². The Labute approximate surface area is 146 Å². The van der Waals surface area contributed by atoms with Crippen molar-refractivity contribution < 1.29 is 4.79 Å². The van der Waals surface area contributed by atoms with Crippen molar-refractivity contribution in [1.82, 2.24) is 14.9 Å². The minimum Gasteiger partial charge on any atom is -0.352 e. The van der Waals surface area contributed by atoms with Gasteiger partial charge in [-0.05, 0) is 11.5 Å². The summed E-state index contributed by atoms with van der Waals surface area (Å²) in [6.45, 7) is 2.82. The first-order valence-electron chi connectivity index (χ1n) is 8.36. The van der Waals surface area contributed by atoms with Gasteiger partial charge in [0.05, 0.1) is 11.9 Å². The fourth-order valence-electron chi connectivity index (χ4n) is 3.12. The monoisotopic (exact) mass is 333 g/mol. The number of carbonyl (C=O) groups is 1. The Morgan fingerprint density at radius 1 is 0.960 bits per heavy atom. The van der Waals surface area contributed by atoms with Gasteiger partial charge in [0.2, 0.25) is 0 Å². The molecular weight excluding hydrogens is 314 g/mol. The number of carbonyl (C=O) groups excluding carboxylic acids is 1. The molecule has 0 atom stereocenters. The van der Waals surface area contributed by atoms with Crippen molar-refractivity contribution in [2.75, 3.05) is 36.4 Å². The first kappa shape index (κ1) is 15.4. The van der Waals surface area contributed by atoms with Crippen molar-refractivity contribution in [3.05, 3.63) is 61.1 Å². The topological polar surface area (TPSA) is 61.4 Å². The van der Waals surface area contributed by atoms with Gasteiger partial charge in [-0.1, -0.05) is 36.4 Å². The summed E-state index contributed by atoms with van der Waals surface area (Å²) in [6, 6.07) is 13.9. The number of benzene rings is 2. The Hall–Kier alpha value is -3.15. The molecule has 0 spiro atoms. The highest BCUT2D eigenvalue weighted by molar-refractivity contribution is 6.01. The quantitative estimate of drug-likeness (QED) is 0.783. The van der Waals surface area contributed by atoms with Crippen LogP contribution in [0.15, 0.2) is 61.1 Å². The van der Waals surface area contributed by atoms with E-state index in [-0.39, 0.29) is 6.03 Å². The number of amides is 2. The van der Waals surface area contributed by atoms with Crippen LogP contribution in [-0.2, 0) is 0 Å². The zero-order valence-electron chi connectivity index (χ0n) is 13.8. The molecule has 6 heteroatoms. The number of anilines is 2. The Morgan fingerprint density at radius 2 is 1.76 bits per heavy atom. The average Bonchev–Trinajstić information content (AvgIpc) is 2.69. The van der Waals surface area contributed by atoms with Crippen molar-refractivity contribution in [2.45, 2.75) is 0 Å². The fraction of sp³-hybridized carbons (Fsp3) is 0.211. The summed E-state index contributed by atoms with van der Waals surface area (Å²) in [4.78, 5) is 25.0. The molecule has 1 saturated heterocycles. The van der Waals surface area contributed by atoms with Crippen molar-refractivity contribution in [3.8, 4) is 0 Å². The number of hydrogen-bond donors (Lipinski definition) is 1. The predicted octanol–water partition coefficient (Wildman–Crippen LogP) is 2.98. The summed E-state index contributed by atoms with van der Waals surface area (Å²) in [5, 5.41) is 5.22. The van der Waals surface area contributed by atoms with E-state index in [0.29, 0.717) is 13.1 Å². The molecule has 2 heterocycles. The van der Waals surface area contributed by atoms with Crippen LogP contribution in [0.5, 0.6) is 0 Å². The largest absolute Gasteiger partial charge is 0.352 e. The van der Waals surface area contributed by atoms with E-state index in [0.717, 1.165) is 35.4 Å². The van der Waals surface area contributed by atoms with Gasteiger partial charge in [0, 0.05) is 44.0 Å². The minimum absolute atomic E-state index is 0.0600. The summed E-state index contributed by atoms with van der Waals surface area (Å²) < 4.78 is 0. The molecule has 2 amide bonds. The molecule has 1 aromatic heterocycles. The number of piperazine rings is 1. The molecule has 0 unspecified atom stereocenters. The molecule has 0 saturated carbocycles. The normalized spacial score (nSPS) is 14.6. The molecule has 6 nitrogen and oxygen atoms in total. The van der Waals surface area contributed by atoms with Gasteiger partial charge in [0.1, 0.15) is 5.82 Å². The van der Waals surface area contributed by atoms with E-state index in [4.69, 9.17) is 0 Å². The minimum atomic E-state index is -0.0600. The maximum atomic E-state index is 12.6. The van der Waals surface area contributed by atoms with Crippen LogP contribution in [0.4, 0.5) is 16.3 Å². The van der Waals surface area contributed by atoms with Crippen molar-refractivity contribution in [3.63, 3.8) is 0 Å². The molecule has 25 heavy (non-hydrogen) atoms. The molecule has 1 fully saturated rings. The third-order valence-corrected chi connectivity index (χ3v) is 4.47. The maximum absolute atomic E-state index is 12.6. The van der Waals surface area contributed by atoms with Gasteiger partial charge in [0.15, 0.2) is 0 Å². The maximum Gasteiger partial charge on any atom is 0.321 e. The molecule has 126 valence electrons. The van der Waals surface area contributed by atoms with Crippen molar-refractivity contribution >= 4 is 28.3 Å². The van der Waals surface area contributed by atoms with Crippen LogP contribution in [0, 0.1) is 0 Å². The van der Waals surface area contributed by atoms with Crippen LogP contribution in [0.25, 0.3) is 10.8 Å². The third kappa shape index (κ3) is 3.24. The van der Waals surface area contributed by atoms with E-state index in [9.17, 15) is 4.79 Å². The van der Waals surface area contributed by atoms with Gasteiger partial charge < -0.3 is 15.1 Å². The zero-order chi connectivity index (χ0) is 17.1. The number of nitrogens with one attached hydrogen (secondary N) is 1. The standard InChI is InChI=1S/C19H19N5O/c25-19(22-17-7-3-5-15-4-1-2-6-16(15)17)24-12-10-23(11-13-24)18-14-20-8-9-21-18/h1-9,14H,10-13H2,(H,22,25). The van der Waals surface area contributed by atoms with Gasteiger partial charge in [-0.15, -0.1) is 0 Å². The molecule has 3 aromatic rings. The van der Waals surface area contributed by atoms with Crippen LogP contribution in [0.2, 0.25) is 0 Å². The van der Waals surface area contributed by atoms with E-state index in [1.807, 2.05) is 47.4 Å². The first-order chi connectivity index (χ1) is 12.3. The van der Waals surface area contributed by atoms with Gasteiger partial charge in [-0.25, -0.2) is 9.78 Å². The molecule has 2 aromatic carbocycles. The number of urea groups is 1. The number of rotatable bonds is 2. The second-order valence-electron chi connectivity index (χ2n) is 5.99. The lowest BCUT2D eigenvalue weighted by molar-refractivity contribution is 0.208. The highest BCUT2D eigenvalue weighted by Crippen LogP contribution is 2.23. The predicted molar refractivity (Wildman–Crippen MR) is 98.8 cm³/mol. The second-order valence-corrected chi connectivity index (χ2v) is 5.99. The third-order valence-electron chi connectivity index (χ3n) is 4.47. The fourth-order valence-corrected chi connectivity index (χ4v) is 3.12. The molecule has 1 aliphatic rings. The van der Waals surface area contributed by atoms with Gasteiger partial charge >= 0.3 is 6.03 Å². The highest BCUT2D eigenvalue weighted by atomic mass is 16.2. The van der Waals surface area contributed by atoms with Gasteiger partial charge in [0.25, 0.3) is 0 Å². The molecule has 1 N–H and O–H groups in total. The molecule has 1 aliphatic heterocycles. The Morgan fingerprint density at radius 3 is 2.56 bits per heavy atom. The van der Waals surface area contributed by atoms with E-state index < -0.39 is 0 Å². The lowest BCUT2D eigenvalue weighted by Gasteiger charge is -2.35. The summed E-state index contributed by atoms with van der Waals surface area (Å²) in [5.41, 5.74) is 0.847. The lowest BCUT2D eigenvalue weighted by Crippen LogP contribution is -2.50. The summed E-state index contributed by atoms with van der Waals surface area (Å²) in [7, 11) is 0. The van der Waals surface area contributed by atoms with Crippen molar-refractivity contribution in [1.29, 1.82) is 0 Å². The molecule has 0 bridgehead atoms. The van der Waals surface area contributed by atoms with Crippen LogP contribution in [0.3, 0.4) is 0 Å². The average molecular weight is 333 g/mol. The number of hydrogen-bond acceptors (Lipinski definition) is 4.